The highest BCUT2D eigenvalue weighted by molar-refractivity contribution is 6.58. The lowest BCUT2D eigenvalue weighted by molar-refractivity contribution is -0.138. The van der Waals surface area contributed by atoms with Crippen molar-refractivity contribution >= 4 is 19.1 Å². The molecule has 98 valence electrons. The van der Waals surface area contributed by atoms with Gasteiger partial charge in [-0.3, -0.25) is 4.58 Å². The molecule has 1 heterocycles. The fourth-order valence-electron chi connectivity index (χ4n) is 0.711. The zero-order valence-corrected chi connectivity index (χ0v) is 11.4. The average molecular weight is 274 g/mol. The maximum atomic E-state index is 8.66. The quantitative estimate of drug-likeness (QED) is 0.267. The second-order valence-corrected chi connectivity index (χ2v) is 6.23. The van der Waals surface area contributed by atoms with E-state index in [0.717, 1.165) is 0 Å². The third-order valence-corrected chi connectivity index (χ3v) is 4.98. The molecule has 0 aromatic rings. The van der Waals surface area contributed by atoms with E-state index in [9.17, 15) is 0 Å². The number of hydrogen-bond donors (Lipinski definition) is 5. The van der Waals surface area contributed by atoms with E-state index in [4.69, 9.17) is 24.9 Å². The van der Waals surface area contributed by atoms with Crippen molar-refractivity contribution < 1.29 is 38.2 Å². The summed E-state index contributed by atoms with van der Waals surface area (Å²) in [5, 5.41) is 26.0. The Morgan fingerprint density at radius 1 is 1.12 bits per heavy atom. The summed E-state index contributed by atoms with van der Waals surface area (Å²) in [6.45, 7) is 1.35. The Labute approximate surface area is 96.5 Å². The molecule has 0 bridgehead atoms. The Bertz CT molecular complexity index is 160. The number of aliphatic hydroxyl groups is 3. The number of hydrogen-bond acceptors (Lipinski definition) is 8. The molecule has 0 aliphatic carbocycles. The molecule has 1 aliphatic rings. The van der Waals surface area contributed by atoms with Crippen LogP contribution in [0.5, 0.6) is 0 Å². The normalized spacial score (nSPS) is 20.6. The third kappa shape index (κ3) is 5.44. The van der Waals surface area contributed by atoms with E-state index in [-0.39, 0.29) is 19.8 Å². The van der Waals surface area contributed by atoms with Crippen LogP contribution in [0.15, 0.2) is 0 Å². The van der Waals surface area contributed by atoms with Crippen LogP contribution in [0.1, 0.15) is 13.3 Å². The van der Waals surface area contributed by atoms with Gasteiger partial charge in [-0.15, -0.1) is 0 Å². The molecule has 0 spiro atoms. The molecule has 0 saturated carbocycles. The van der Waals surface area contributed by atoms with Gasteiger partial charge in [-0.25, -0.2) is 4.58 Å². The van der Waals surface area contributed by atoms with Gasteiger partial charge in [0.2, 0.25) is 0 Å². The lowest BCUT2D eigenvalue weighted by Gasteiger charge is -2.24. The molecule has 1 fully saturated rings. The van der Waals surface area contributed by atoms with Crippen LogP contribution in [0.25, 0.3) is 0 Å². The minimum atomic E-state index is -3.70. The fourth-order valence-corrected chi connectivity index (χ4v) is 2.52. The molecule has 0 aromatic heterocycles. The summed E-state index contributed by atoms with van der Waals surface area (Å²) in [4.78, 5) is 16.7. The van der Waals surface area contributed by atoms with Gasteiger partial charge < -0.3 is 29.0 Å². The topological polar surface area (TPSA) is 129 Å². The van der Waals surface area contributed by atoms with Crippen molar-refractivity contribution in [2.45, 2.75) is 13.3 Å². The molecular weight excluding hydrogens is 256 g/mol. The Balaban J connectivity index is 0.000000288. The molecule has 5 N–H and O–H groups in total. The fraction of sp³-hybridized carbons (Fsp3) is 1.00. The molecule has 8 nitrogen and oxygen atoms in total. The monoisotopic (exact) mass is 274 g/mol. The minimum Gasteiger partial charge on any atom is -0.396 e. The van der Waals surface area contributed by atoms with E-state index in [2.05, 4.69) is 13.3 Å². The first-order valence-corrected chi connectivity index (χ1v) is 7.54. The van der Waals surface area contributed by atoms with E-state index in [1.165, 1.54) is 0 Å². The molecular formula is C6H18O8Si2. The van der Waals surface area contributed by atoms with Gasteiger partial charge >= 0.3 is 19.1 Å². The van der Waals surface area contributed by atoms with Gasteiger partial charge in [-0.1, -0.05) is 6.92 Å². The predicted octanol–water partition coefficient (Wildman–Crippen LogP) is -3.26. The Hall–Kier alpha value is 0.114. The number of aliphatic hydroxyl groups excluding tert-OH is 3. The van der Waals surface area contributed by atoms with Crippen molar-refractivity contribution in [2.24, 2.45) is 5.41 Å². The molecule has 0 amide bonds. The van der Waals surface area contributed by atoms with Crippen LogP contribution in [0.2, 0.25) is 0 Å². The average Bonchev–Trinajstić information content (AvgIpc) is 2.68. The van der Waals surface area contributed by atoms with Crippen molar-refractivity contribution in [3.8, 4) is 0 Å². The van der Waals surface area contributed by atoms with Crippen LogP contribution in [-0.4, -0.2) is 63.8 Å². The minimum absolute atomic E-state index is 0.156. The summed E-state index contributed by atoms with van der Waals surface area (Å²) in [5.41, 5.74) is -0.667. The molecule has 0 aromatic carbocycles. The van der Waals surface area contributed by atoms with Gasteiger partial charge in [0.1, 0.15) is 0 Å². The Morgan fingerprint density at radius 3 is 1.69 bits per heavy atom. The van der Waals surface area contributed by atoms with Gasteiger partial charge in [-0.2, -0.15) is 0 Å². The maximum absolute atomic E-state index is 8.66. The second kappa shape index (κ2) is 7.44. The Kier molecular flexibility index (Phi) is 7.49. The molecule has 0 atom stereocenters. The highest BCUT2D eigenvalue weighted by atomic mass is 28.4. The molecule has 1 rings (SSSR count). The van der Waals surface area contributed by atoms with Crippen molar-refractivity contribution in [3.05, 3.63) is 0 Å². The smallest absolute Gasteiger partial charge is 0.396 e. The van der Waals surface area contributed by atoms with Crippen molar-refractivity contribution in [3.63, 3.8) is 0 Å². The first-order valence-electron chi connectivity index (χ1n) is 4.67. The van der Waals surface area contributed by atoms with Crippen LogP contribution in [0.3, 0.4) is 0 Å². The first-order chi connectivity index (χ1) is 7.45. The zero-order valence-electron chi connectivity index (χ0n) is 9.00. The molecule has 10 heteroatoms. The van der Waals surface area contributed by atoms with Crippen molar-refractivity contribution in [2.75, 3.05) is 19.8 Å². The van der Waals surface area contributed by atoms with E-state index in [1.807, 2.05) is 6.92 Å². The zero-order chi connectivity index (χ0) is 12.7. The van der Waals surface area contributed by atoms with Gasteiger partial charge in [0.15, 0.2) is 0 Å². The first kappa shape index (κ1) is 16.1. The van der Waals surface area contributed by atoms with Crippen LogP contribution >= 0.6 is 0 Å². The number of rotatable bonds is 4. The van der Waals surface area contributed by atoms with E-state index in [1.54, 1.807) is 0 Å². The summed E-state index contributed by atoms with van der Waals surface area (Å²) in [6, 6.07) is 0. The molecule has 0 unspecified atom stereocenters. The van der Waals surface area contributed by atoms with Crippen LogP contribution in [-0.2, 0) is 13.3 Å². The van der Waals surface area contributed by atoms with E-state index in [0.29, 0.717) is 6.42 Å². The van der Waals surface area contributed by atoms with Crippen molar-refractivity contribution in [1.82, 2.24) is 0 Å². The largest absolute Gasteiger partial charge is 0.692 e. The summed E-state index contributed by atoms with van der Waals surface area (Å²) < 4.78 is 12.4. The standard InChI is InChI=1S/C6H14O3.H4O5Si2/c1-2-6(3-7,4-8)5-9;1-7(2)4-3-6-5-7/h7-9H,2-5H2,1H3;1-2H,6H2. The summed E-state index contributed by atoms with van der Waals surface area (Å²) in [5.74, 6) is 0. The SMILES string of the molecule is CCC(CO)(CO)CO.O[Si]1(O)OO[SiH2]O1. The van der Waals surface area contributed by atoms with E-state index < -0.39 is 24.5 Å². The summed E-state index contributed by atoms with van der Waals surface area (Å²) in [6.07, 6.45) is 0.594. The van der Waals surface area contributed by atoms with E-state index >= 15 is 0 Å². The summed E-state index contributed by atoms with van der Waals surface area (Å²) >= 11 is 0. The lowest BCUT2D eigenvalue weighted by atomic mass is 9.88. The van der Waals surface area contributed by atoms with Crippen molar-refractivity contribution in [1.29, 1.82) is 0 Å². The predicted molar refractivity (Wildman–Crippen MR) is 56.0 cm³/mol. The molecule has 0 radical (unpaired) electrons. The van der Waals surface area contributed by atoms with Crippen LogP contribution in [0.4, 0.5) is 0 Å². The highest BCUT2D eigenvalue weighted by Gasteiger charge is 2.42. The second-order valence-electron chi connectivity index (χ2n) is 3.34. The van der Waals surface area contributed by atoms with Gasteiger partial charge in [0, 0.05) is 5.41 Å². The summed E-state index contributed by atoms with van der Waals surface area (Å²) in [7, 11) is -4.92. The highest BCUT2D eigenvalue weighted by Crippen LogP contribution is 2.18. The van der Waals surface area contributed by atoms with Crippen LogP contribution in [0, 0.1) is 5.41 Å². The molecule has 16 heavy (non-hydrogen) atoms. The Morgan fingerprint density at radius 2 is 1.62 bits per heavy atom. The molecule has 1 saturated heterocycles. The maximum Gasteiger partial charge on any atom is 0.692 e. The van der Waals surface area contributed by atoms with Crippen LogP contribution < -0.4 is 0 Å². The van der Waals surface area contributed by atoms with Gasteiger partial charge in [-0.05, 0) is 6.42 Å². The van der Waals surface area contributed by atoms with Gasteiger partial charge in [0.05, 0.1) is 19.8 Å². The van der Waals surface area contributed by atoms with Gasteiger partial charge in [0.25, 0.3) is 0 Å². The molecule has 1 aliphatic heterocycles. The third-order valence-electron chi connectivity index (χ3n) is 2.22. The lowest BCUT2D eigenvalue weighted by Crippen LogP contribution is -2.36.